The number of benzene rings is 2. The van der Waals surface area contributed by atoms with Crippen LogP contribution in [-0.4, -0.2) is 51.0 Å². The molecule has 6 atom stereocenters. The molecule has 0 aromatic heterocycles. The largest absolute Gasteiger partial charge is 0.490 e. The number of hydrogen-bond donors (Lipinski definition) is 2. The van der Waals surface area contributed by atoms with E-state index in [2.05, 4.69) is 21.8 Å². The van der Waals surface area contributed by atoms with E-state index >= 15 is 0 Å². The first-order valence-electron chi connectivity index (χ1n) is 14.9. The van der Waals surface area contributed by atoms with Crippen LogP contribution in [0.3, 0.4) is 0 Å². The number of halogens is 1. The molecule has 41 heavy (non-hydrogen) atoms. The summed E-state index contributed by atoms with van der Waals surface area (Å²) in [5.74, 6) is 0.493. The topological polar surface area (TPSA) is 95.9 Å². The van der Waals surface area contributed by atoms with Crippen molar-refractivity contribution in [2.45, 2.75) is 56.5 Å². The molecular formula is C32H37ClN2O5S. The van der Waals surface area contributed by atoms with Gasteiger partial charge in [-0.15, -0.1) is 0 Å². The normalized spacial score (nSPS) is 34.8. The van der Waals surface area contributed by atoms with Crippen LogP contribution in [0, 0.1) is 23.7 Å². The highest BCUT2D eigenvalue weighted by atomic mass is 35.5. The van der Waals surface area contributed by atoms with Crippen molar-refractivity contribution in [3.05, 3.63) is 70.3 Å². The first kappa shape index (κ1) is 27.3. The number of carbonyl (C=O) groups is 1. The summed E-state index contributed by atoms with van der Waals surface area (Å²) in [6.45, 7) is 1.94. The standard InChI is InChI=1S/C32H37ClN2O5S/c33-25-8-10-27-21(14-25)2-1-13-32(27)18-35-16-23-5-9-26(23)29(36)11-6-20-3-4-24(20)17-41(38,39)34-31(37)22-7-12-30(40-19-32)28(35)15-22/h6-8,10-12,14-15,20,23-24,26,29,36H,1-5,9,13,16-19H2,(H,34,37)/b11-6-/t20-,23+,24-,26-,29+,32+/m1/s1. The molecule has 218 valence electrons. The molecule has 2 fully saturated rings. The van der Waals surface area contributed by atoms with Crippen molar-refractivity contribution in [1.29, 1.82) is 0 Å². The average Bonchev–Trinajstić information content (AvgIpc) is 3.05. The highest BCUT2D eigenvalue weighted by Gasteiger charge is 2.44. The molecule has 5 aliphatic rings. The number of fused-ring (bicyclic) bond motifs is 5. The van der Waals surface area contributed by atoms with Gasteiger partial charge < -0.3 is 14.7 Å². The minimum absolute atomic E-state index is 0.0470. The maximum absolute atomic E-state index is 13.3. The molecule has 2 N–H and O–H groups in total. The third-order valence-electron chi connectivity index (χ3n) is 10.4. The lowest BCUT2D eigenvalue weighted by atomic mass is 9.68. The van der Waals surface area contributed by atoms with Gasteiger partial charge in [-0.05, 0) is 110 Å². The fourth-order valence-corrected chi connectivity index (χ4v) is 9.44. The van der Waals surface area contributed by atoms with E-state index in [1.807, 2.05) is 18.2 Å². The second kappa shape index (κ2) is 10.3. The molecule has 9 heteroatoms. The van der Waals surface area contributed by atoms with Crippen LogP contribution in [0.1, 0.15) is 60.0 Å². The molecule has 7 nitrogen and oxygen atoms in total. The second-order valence-corrected chi connectivity index (χ2v) is 15.1. The maximum Gasteiger partial charge on any atom is 0.264 e. The molecule has 1 amide bonds. The second-order valence-electron chi connectivity index (χ2n) is 12.9. The minimum Gasteiger partial charge on any atom is -0.490 e. The van der Waals surface area contributed by atoms with Gasteiger partial charge in [0.25, 0.3) is 5.91 Å². The van der Waals surface area contributed by atoms with Gasteiger partial charge in [0.1, 0.15) is 5.75 Å². The van der Waals surface area contributed by atoms with Gasteiger partial charge in [0, 0.05) is 29.1 Å². The summed E-state index contributed by atoms with van der Waals surface area (Å²) in [6.07, 6.45) is 10.0. The third-order valence-corrected chi connectivity index (χ3v) is 12.0. The molecule has 2 heterocycles. The summed E-state index contributed by atoms with van der Waals surface area (Å²) in [6, 6.07) is 11.4. The van der Waals surface area contributed by atoms with E-state index in [0.717, 1.165) is 62.2 Å². The predicted octanol–water partition coefficient (Wildman–Crippen LogP) is 4.86. The van der Waals surface area contributed by atoms with Gasteiger partial charge in [-0.3, -0.25) is 4.79 Å². The highest BCUT2D eigenvalue weighted by molar-refractivity contribution is 7.90. The van der Waals surface area contributed by atoms with E-state index in [1.165, 1.54) is 11.1 Å². The van der Waals surface area contributed by atoms with Gasteiger partial charge in [-0.25, -0.2) is 13.1 Å². The Labute approximate surface area is 247 Å². The fraction of sp³-hybridized carbons (Fsp3) is 0.531. The van der Waals surface area contributed by atoms with E-state index in [1.54, 1.807) is 18.2 Å². The van der Waals surface area contributed by atoms with Gasteiger partial charge in [-0.2, -0.15) is 0 Å². The van der Waals surface area contributed by atoms with Crippen LogP contribution in [-0.2, 0) is 21.9 Å². The number of carbonyl (C=O) groups excluding carboxylic acids is 1. The molecule has 1 spiro atoms. The Morgan fingerprint density at radius 1 is 1.05 bits per heavy atom. The number of aliphatic hydroxyl groups is 1. The lowest BCUT2D eigenvalue weighted by Gasteiger charge is -2.45. The van der Waals surface area contributed by atoms with Crippen LogP contribution < -0.4 is 14.4 Å². The Morgan fingerprint density at radius 2 is 1.90 bits per heavy atom. The van der Waals surface area contributed by atoms with Gasteiger partial charge in [0.2, 0.25) is 10.0 Å². The number of rotatable bonds is 0. The molecule has 2 aromatic rings. The minimum atomic E-state index is -3.81. The average molecular weight is 597 g/mol. The molecule has 2 aliphatic heterocycles. The van der Waals surface area contributed by atoms with Gasteiger partial charge >= 0.3 is 0 Å². The summed E-state index contributed by atoms with van der Waals surface area (Å²) in [7, 11) is -3.81. The number of sulfonamides is 1. The van der Waals surface area contributed by atoms with Gasteiger partial charge in [0.05, 0.1) is 24.2 Å². The monoisotopic (exact) mass is 596 g/mol. The van der Waals surface area contributed by atoms with Crippen molar-refractivity contribution in [3.8, 4) is 5.75 Å². The number of nitrogens with zero attached hydrogens (tertiary/aromatic N) is 1. The Hall–Kier alpha value is -2.55. The molecule has 0 radical (unpaired) electrons. The Morgan fingerprint density at radius 3 is 2.68 bits per heavy atom. The SMILES string of the molecule is O=C1NS(=O)(=O)C[C@H]2CC[C@@H]2/C=C\[C@H](O)[C@@H]2CC[C@H]2CN2C[C@@]3(CCCc4cc(Cl)ccc43)COc3ccc1cc32. The van der Waals surface area contributed by atoms with Crippen LogP contribution in [0.2, 0.25) is 5.02 Å². The van der Waals surface area contributed by atoms with E-state index in [4.69, 9.17) is 16.3 Å². The fourth-order valence-electron chi connectivity index (χ4n) is 7.79. The number of allylic oxidation sites excluding steroid dienone is 1. The zero-order valence-electron chi connectivity index (χ0n) is 23.1. The Balaban J connectivity index is 1.29. The smallest absolute Gasteiger partial charge is 0.264 e. The predicted molar refractivity (Wildman–Crippen MR) is 159 cm³/mol. The summed E-state index contributed by atoms with van der Waals surface area (Å²) in [4.78, 5) is 15.6. The number of aliphatic hydroxyl groups excluding tert-OH is 1. The number of hydrogen-bond acceptors (Lipinski definition) is 6. The summed E-state index contributed by atoms with van der Waals surface area (Å²) in [5.41, 5.74) is 3.38. The van der Waals surface area contributed by atoms with Crippen molar-refractivity contribution < 1.29 is 23.1 Å². The van der Waals surface area contributed by atoms with Crippen molar-refractivity contribution in [2.24, 2.45) is 23.7 Å². The third kappa shape index (κ3) is 5.06. The van der Waals surface area contributed by atoms with E-state index in [9.17, 15) is 18.3 Å². The first-order valence-corrected chi connectivity index (χ1v) is 16.9. The van der Waals surface area contributed by atoms with Crippen LogP contribution in [0.25, 0.3) is 0 Å². The zero-order chi connectivity index (χ0) is 28.4. The molecular weight excluding hydrogens is 560 g/mol. The number of ether oxygens (including phenoxy) is 1. The van der Waals surface area contributed by atoms with Crippen molar-refractivity contribution >= 4 is 33.2 Å². The summed E-state index contributed by atoms with van der Waals surface area (Å²) in [5, 5.41) is 11.9. The summed E-state index contributed by atoms with van der Waals surface area (Å²) < 4.78 is 34.8. The molecule has 2 aromatic carbocycles. The highest BCUT2D eigenvalue weighted by Crippen LogP contribution is 2.47. The van der Waals surface area contributed by atoms with Gasteiger partial charge in [-0.1, -0.05) is 29.8 Å². The lowest BCUT2D eigenvalue weighted by Crippen LogP contribution is -2.49. The van der Waals surface area contributed by atoms with Gasteiger partial charge in [0.15, 0.2) is 0 Å². The van der Waals surface area contributed by atoms with Crippen molar-refractivity contribution in [1.82, 2.24) is 4.72 Å². The molecule has 7 rings (SSSR count). The lowest BCUT2D eigenvalue weighted by molar-refractivity contribution is 0.0450. The molecule has 2 saturated carbocycles. The van der Waals surface area contributed by atoms with E-state index in [0.29, 0.717) is 30.4 Å². The van der Waals surface area contributed by atoms with E-state index < -0.39 is 22.0 Å². The molecule has 0 unspecified atom stereocenters. The number of anilines is 1. The number of aryl methyl sites for hydroxylation is 1. The molecule has 3 aliphatic carbocycles. The first-order chi connectivity index (χ1) is 19.7. The maximum atomic E-state index is 13.3. The van der Waals surface area contributed by atoms with Crippen LogP contribution >= 0.6 is 11.6 Å². The number of amides is 1. The molecule has 2 bridgehead atoms. The summed E-state index contributed by atoms with van der Waals surface area (Å²) >= 11 is 6.38. The number of nitrogens with one attached hydrogen (secondary N) is 1. The van der Waals surface area contributed by atoms with Crippen LogP contribution in [0.5, 0.6) is 5.75 Å². The Bertz CT molecular complexity index is 1510. The molecule has 0 saturated heterocycles. The quantitative estimate of drug-likeness (QED) is 0.422. The van der Waals surface area contributed by atoms with Crippen molar-refractivity contribution in [3.63, 3.8) is 0 Å². The Kier molecular flexibility index (Phi) is 6.87. The van der Waals surface area contributed by atoms with Crippen molar-refractivity contribution in [2.75, 3.05) is 30.3 Å². The van der Waals surface area contributed by atoms with E-state index in [-0.39, 0.29) is 28.9 Å². The van der Waals surface area contributed by atoms with Crippen LogP contribution in [0.15, 0.2) is 48.6 Å². The zero-order valence-corrected chi connectivity index (χ0v) is 24.7. The van der Waals surface area contributed by atoms with Crippen LogP contribution in [0.4, 0.5) is 5.69 Å².